The van der Waals surface area contributed by atoms with E-state index >= 15 is 0 Å². The van der Waals surface area contributed by atoms with Crippen molar-refractivity contribution in [1.82, 2.24) is 14.3 Å². The van der Waals surface area contributed by atoms with E-state index in [2.05, 4.69) is 9.97 Å². The number of nitrogens with zero attached hydrogens (tertiary/aromatic N) is 3. The highest BCUT2D eigenvalue weighted by Crippen LogP contribution is 2.28. The second-order valence-corrected chi connectivity index (χ2v) is 8.19. The van der Waals surface area contributed by atoms with Crippen LogP contribution in [0, 0.1) is 6.92 Å². The molecule has 0 radical (unpaired) electrons. The summed E-state index contributed by atoms with van der Waals surface area (Å²) in [6.07, 6.45) is 3.12. The summed E-state index contributed by atoms with van der Waals surface area (Å²) < 4.78 is 32.7. The largest absolute Gasteiger partial charge is 0.459 e. The topological polar surface area (TPSA) is 72.4 Å². The Morgan fingerprint density at radius 1 is 1.25 bits per heavy atom. The molecule has 0 saturated carbocycles. The smallest absolute Gasteiger partial charge is 0.316 e. The zero-order chi connectivity index (χ0) is 17.3. The van der Waals surface area contributed by atoms with Crippen LogP contribution in [0.1, 0.15) is 12.0 Å². The van der Waals surface area contributed by atoms with Gasteiger partial charge in [0.1, 0.15) is 6.10 Å². The van der Waals surface area contributed by atoms with E-state index in [1.807, 2.05) is 0 Å². The van der Waals surface area contributed by atoms with Gasteiger partial charge in [-0.05, 0) is 31.0 Å². The Morgan fingerprint density at radius 3 is 2.67 bits per heavy atom. The van der Waals surface area contributed by atoms with Crippen molar-refractivity contribution in [2.45, 2.75) is 24.3 Å². The average molecular weight is 388 g/mol. The van der Waals surface area contributed by atoms with Gasteiger partial charge in [-0.15, -0.1) is 0 Å². The molecule has 0 N–H and O–H groups in total. The molecule has 24 heavy (non-hydrogen) atoms. The SMILES string of the molecule is Cc1c(Cl)cccc1S(=O)(=O)N1CC[C@@H](Oc2ncc(Cl)cn2)C1. The van der Waals surface area contributed by atoms with E-state index in [4.69, 9.17) is 27.9 Å². The second-order valence-electron chi connectivity index (χ2n) is 5.44. The first kappa shape index (κ1) is 17.4. The van der Waals surface area contributed by atoms with Crippen molar-refractivity contribution < 1.29 is 13.2 Å². The zero-order valence-electron chi connectivity index (χ0n) is 12.8. The van der Waals surface area contributed by atoms with Crippen molar-refractivity contribution in [3.63, 3.8) is 0 Å². The van der Waals surface area contributed by atoms with Gasteiger partial charge < -0.3 is 4.74 Å². The van der Waals surface area contributed by atoms with Crippen LogP contribution in [0.4, 0.5) is 0 Å². The molecule has 9 heteroatoms. The van der Waals surface area contributed by atoms with Crippen molar-refractivity contribution in [1.29, 1.82) is 0 Å². The van der Waals surface area contributed by atoms with Crippen LogP contribution in [0.15, 0.2) is 35.5 Å². The Morgan fingerprint density at radius 2 is 1.96 bits per heavy atom. The van der Waals surface area contributed by atoms with Crippen LogP contribution in [-0.4, -0.2) is 41.9 Å². The lowest BCUT2D eigenvalue weighted by Crippen LogP contribution is -2.31. The number of aromatic nitrogens is 2. The van der Waals surface area contributed by atoms with Gasteiger partial charge in [0.25, 0.3) is 0 Å². The Bertz CT molecular complexity index is 844. The van der Waals surface area contributed by atoms with Crippen LogP contribution in [0.25, 0.3) is 0 Å². The van der Waals surface area contributed by atoms with Gasteiger partial charge in [0.15, 0.2) is 0 Å². The van der Waals surface area contributed by atoms with Crippen LogP contribution >= 0.6 is 23.2 Å². The molecule has 0 bridgehead atoms. The quantitative estimate of drug-likeness (QED) is 0.806. The predicted octanol–water partition coefficient (Wildman–Crippen LogP) is 2.93. The van der Waals surface area contributed by atoms with Gasteiger partial charge in [-0.1, -0.05) is 29.3 Å². The van der Waals surface area contributed by atoms with Gasteiger partial charge in [0.2, 0.25) is 10.0 Å². The molecule has 3 rings (SSSR count). The Labute approximate surface area is 150 Å². The molecule has 1 aromatic carbocycles. The monoisotopic (exact) mass is 387 g/mol. The minimum Gasteiger partial charge on any atom is -0.459 e. The highest BCUT2D eigenvalue weighted by Gasteiger charge is 2.35. The number of halogens is 2. The maximum atomic E-state index is 12.8. The van der Waals surface area contributed by atoms with Gasteiger partial charge in [-0.3, -0.25) is 0 Å². The lowest BCUT2D eigenvalue weighted by Gasteiger charge is -2.18. The van der Waals surface area contributed by atoms with Crippen LogP contribution in [0.3, 0.4) is 0 Å². The van der Waals surface area contributed by atoms with Crippen molar-refractivity contribution >= 4 is 33.2 Å². The Hall–Kier alpha value is -1.41. The summed E-state index contributed by atoms with van der Waals surface area (Å²) in [7, 11) is -3.62. The number of benzene rings is 1. The summed E-state index contributed by atoms with van der Waals surface area (Å²) in [6, 6.07) is 5.05. The molecular weight excluding hydrogens is 373 g/mol. The lowest BCUT2D eigenvalue weighted by atomic mass is 10.2. The predicted molar refractivity (Wildman–Crippen MR) is 91.0 cm³/mol. The third-order valence-corrected chi connectivity index (χ3v) is 6.43. The summed E-state index contributed by atoms with van der Waals surface area (Å²) in [6.45, 7) is 2.30. The summed E-state index contributed by atoms with van der Waals surface area (Å²) in [5.74, 6) is 0. The number of hydrogen-bond acceptors (Lipinski definition) is 5. The summed E-state index contributed by atoms with van der Waals surface area (Å²) >= 11 is 11.8. The van der Waals surface area contributed by atoms with E-state index in [1.165, 1.54) is 16.7 Å². The minimum atomic E-state index is -3.62. The summed E-state index contributed by atoms with van der Waals surface area (Å²) in [5, 5.41) is 0.840. The van der Waals surface area contributed by atoms with E-state index in [1.54, 1.807) is 25.1 Å². The van der Waals surface area contributed by atoms with Gasteiger partial charge >= 0.3 is 6.01 Å². The standard InChI is InChI=1S/C15H15Cl2N3O3S/c1-10-13(17)3-2-4-14(10)24(21,22)20-6-5-12(9-20)23-15-18-7-11(16)8-19-15/h2-4,7-8,12H,5-6,9H2,1H3/t12-/m1/s1. The second kappa shape index (κ2) is 6.84. The van der Waals surface area contributed by atoms with Crippen LogP contribution in [0.2, 0.25) is 10.0 Å². The molecule has 0 aliphatic carbocycles. The van der Waals surface area contributed by atoms with Gasteiger partial charge in [-0.2, -0.15) is 4.31 Å². The highest BCUT2D eigenvalue weighted by molar-refractivity contribution is 7.89. The molecule has 0 spiro atoms. The third-order valence-electron chi connectivity index (χ3n) is 3.81. The maximum Gasteiger partial charge on any atom is 0.316 e. The zero-order valence-corrected chi connectivity index (χ0v) is 15.1. The molecule has 6 nitrogen and oxygen atoms in total. The van der Waals surface area contributed by atoms with Crippen molar-refractivity contribution in [2.75, 3.05) is 13.1 Å². The lowest BCUT2D eigenvalue weighted by molar-refractivity contribution is 0.197. The fraction of sp³-hybridized carbons (Fsp3) is 0.333. The van der Waals surface area contributed by atoms with Crippen LogP contribution in [0.5, 0.6) is 6.01 Å². The van der Waals surface area contributed by atoms with Crippen molar-refractivity contribution in [2.24, 2.45) is 0 Å². The summed E-state index contributed by atoms with van der Waals surface area (Å²) in [4.78, 5) is 8.15. The average Bonchev–Trinajstić information content (AvgIpc) is 3.01. The molecule has 1 fully saturated rings. The number of rotatable bonds is 4. The van der Waals surface area contributed by atoms with Crippen LogP contribution < -0.4 is 4.74 Å². The van der Waals surface area contributed by atoms with E-state index in [9.17, 15) is 8.42 Å². The molecule has 2 heterocycles. The molecule has 128 valence electrons. The first-order chi connectivity index (χ1) is 11.4. The first-order valence-electron chi connectivity index (χ1n) is 7.27. The van der Waals surface area contributed by atoms with Gasteiger partial charge in [-0.25, -0.2) is 18.4 Å². The minimum absolute atomic E-state index is 0.183. The molecule has 0 unspecified atom stereocenters. The molecule has 2 aromatic rings. The van der Waals surface area contributed by atoms with E-state index < -0.39 is 10.0 Å². The molecule has 1 saturated heterocycles. The molecule has 1 aliphatic rings. The van der Waals surface area contributed by atoms with E-state index in [0.29, 0.717) is 28.6 Å². The Balaban J connectivity index is 1.74. The van der Waals surface area contributed by atoms with Crippen molar-refractivity contribution in [3.8, 4) is 6.01 Å². The summed E-state index contributed by atoms with van der Waals surface area (Å²) in [5.41, 5.74) is 0.546. The number of ether oxygens (including phenoxy) is 1. The fourth-order valence-electron chi connectivity index (χ4n) is 2.53. The van der Waals surface area contributed by atoms with Crippen LogP contribution in [-0.2, 0) is 10.0 Å². The fourth-order valence-corrected chi connectivity index (χ4v) is 4.59. The number of sulfonamides is 1. The van der Waals surface area contributed by atoms with E-state index in [0.717, 1.165) is 0 Å². The number of hydrogen-bond donors (Lipinski definition) is 0. The Kier molecular flexibility index (Phi) is 4.96. The van der Waals surface area contributed by atoms with Gasteiger partial charge in [0, 0.05) is 11.6 Å². The van der Waals surface area contributed by atoms with E-state index in [-0.39, 0.29) is 23.6 Å². The highest BCUT2D eigenvalue weighted by atomic mass is 35.5. The molecule has 0 amide bonds. The maximum absolute atomic E-state index is 12.8. The molecule has 1 aromatic heterocycles. The molecular formula is C15H15Cl2N3O3S. The molecule has 1 aliphatic heterocycles. The first-order valence-corrected chi connectivity index (χ1v) is 9.47. The normalized spacial score (nSPS) is 18.7. The molecule has 1 atom stereocenters. The van der Waals surface area contributed by atoms with Crippen molar-refractivity contribution in [3.05, 3.63) is 46.2 Å². The van der Waals surface area contributed by atoms with Gasteiger partial charge in [0.05, 0.1) is 28.9 Å². The third kappa shape index (κ3) is 3.49.